The van der Waals surface area contributed by atoms with Crippen LogP contribution in [0.15, 0.2) is 22.7 Å². The number of carbonyl (C=O) groups is 3. The molecule has 0 atom stereocenters. The van der Waals surface area contributed by atoms with E-state index in [0.717, 1.165) is 30.2 Å². The van der Waals surface area contributed by atoms with Crippen molar-refractivity contribution >= 4 is 39.1 Å². The van der Waals surface area contributed by atoms with Crippen molar-refractivity contribution in [3.63, 3.8) is 0 Å². The maximum atomic E-state index is 12.2. The molecule has 1 amide bonds. The fourth-order valence-corrected chi connectivity index (χ4v) is 3.32. The van der Waals surface area contributed by atoms with Gasteiger partial charge < -0.3 is 0 Å². The number of amides is 1. The molecule has 1 aromatic rings. The van der Waals surface area contributed by atoms with Gasteiger partial charge in [0.25, 0.3) is 11.7 Å². The maximum absolute atomic E-state index is 12.2. The number of carbonyl (C=O) groups excluding carboxylic acids is 3. The van der Waals surface area contributed by atoms with Gasteiger partial charge in [-0.25, -0.2) is 0 Å². The number of benzene rings is 1. The van der Waals surface area contributed by atoms with E-state index in [0.29, 0.717) is 11.3 Å². The first-order chi connectivity index (χ1) is 9.58. The monoisotopic (exact) mass is 335 g/mol. The number of anilines is 1. The summed E-state index contributed by atoms with van der Waals surface area (Å²) in [7, 11) is 0. The van der Waals surface area contributed by atoms with Crippen LogP contribution in [0, 0.1) is 5.92 Å². The van der Waals surface area contributed by atoms with E-state index in [1.807, 2.05) is 0 Å². The highest BCUT2D eigenvalue weighted by Crippen LogP contribution is 2.32. The molecular weight excluding hydrogens is 322 g/mol. The van der Waals surface area contributed by atoms with Crippen molar-refractivity contribution in [3.05, 3.63) is 28.2 Å². The molecule has 1 aliphatic heterocycles. The SMILES string of the molecule is O=C1C(=O)N(CC(=O)C2CCCC2)c2ccc(Br)cc21. The molecule has 4 nitrogen and oxygen atoms in total. The van der Waals surface area contributed by atoms with Gasteiger partial charge in [0.15, 0.2) is 5.78 Å². The predicted octanol–water partition coefficient (Wildman–Crippen LogP) is 2.74. The molecule has 104 valence electrons. The van der Waals surface area contributed by atoms with Crippen LogP contribution in [0.5, 0.6) is 0 Å². The second-order valence-electron chi connectivity index (χ2n) is 5.33. The number of halogens is 1. The smallest absolute Gasteiger partial charge is 0.297 e. The molecule has 1 heterocycles. The zero-order valence-corrected chi connectivity index (χ0v) is 12.5. The molecule has 2 aliphatic rings. The quantitative estimate of drug-likeness (QED) is 0.798. The van der Waals surface area contributed by atoms with E-state index in [9.17, 15) is 14.4 Å². The second-order valence-corrected chi connectivity index (χ2v) is 6.25. The van der Waals surface area contributed by atoms with Crippen LogP contribution >= 0.6 is 15.9 Å². The molecule has 1 aromatic carbocycles. The summed E-state index contributed by atoms with van der Waals surface area (Å²) in [5.74, 6) is -0.998. The Bertz CT molecular complexity index is 605. The minimum Gasteiger partial charge on any atom is -0.297 e. The topological polar surface area (TPSA) is 54.5 Å². The summed E-state index contributed by atoms with van der Waals surface area (Å²) in [5, 5.41) is 0. The third-order valence-corrected chi connectivity index (χ3v) is 4.55. The molecule has 0 unspecified atom stereocenters. The van der Waals surface area contributed by atoms with E-state index >= 15 is 0 Å². The Labute approximate surface area is 125 Å². The fraction of sp³-hybridized carbons (Fsp3) is 0.400. The Morgan fingerprint density at radius 2 is 1.95 bits per heavy atom. The number of ketones is 2. The molecule has 0 radical (unpaired) electrons. The first kappa shape index (κ1) is 13.5. The molecule has 0 aromatic heterocycles. The number of Topliss-reactive ketones (excluding diaryl/α,β-unsaturated/α-hetero) is 2. The summed E-state index contributed by atoms with van der Waals surface area (Å²) in [5.41, 5.74) is 0.929. The Morgan fingerprint density at radius 1 is 1.25 bits per heavy atom. The van der Waals surface area contributed by atoms with Crippen LogP contribution in [-0.2, 0) is 9.59 Å². The highest BCUT2D eigenvalue weighted by Gasteiger charge is 2.38. The third-order valence-electron chi connectivity index (χ3n) is 4.06. The van der Waals surface area contributed by atoms with Crippen molar-refractivity contribution in [3.8, 4) is 0 Å². The molecular formula is C15H14BrNO3. The first-order valence-corrected chi connectivity index (χ1v) is 7.55. The lowest BCUT2D eigenvalue weighted by molar-refractivity contribution is -0.123. The normalized spacial score (nSPS) is 18.8. The molecule has 5 heteroatoms. The van der Waals surface area contributed by atoms with Gasteiger partial charge in [-0.05, 0) is 31.0 Å². The first-order valence-electron chi connectivity index (χ1n) is 6.76. The predicted molar refractivity (Wildman–Crippen MR) is 77.8 cm³/mol. The van der Waals surface area contributed by atoms with Gasteiger partial charge in [-0.1, -0.05) is 28.8 Å². The largest absolute Gasteiger partial charge is 0.299 e. The lowest BCUT2D eigenvalue weighted by atomic mass is 10.0. The van der Waals surface area contributed by atoms with Crippen LogP contribution in [0.3, 0.4) is 0 Å². The standard InChI is InChI=1S/C15H14BrNO3/c16-10-5-6-12-11(7-10)14(19)15(20)17(12)8-13(18)9-3-1-2-4-9/h5-7,9H,1-4,8H2. The number of hydrogen-bond donors (Lipinski definition) is 0. The number of rotatable bonds is 3. The van der Waals surface area contributed by atoms with Gasteiger partial charge >= 0.3 is 0 Å². The molecule has 3 rings (SSSR count). The van der Waals surface area contributed by atoms with Crippen LogP contribution in [0.2, 0.25) is 0 Å². The molecule has 1 fully saturated rings. The lowest BCUT2D eigenvalue weighted by Gasteiger charge is -2.17. The highest BCUT2D eigenvalue weighted by molar-refractivity contribution is 9.10. The summed E-state index contributed by atoms with van der Waals surface area (Å²) >= 11 is 3.29. The van der Waals surface area contributed by atoms with Crippen LogP contribution in [0.4, 0.5) is 5.69 Å². The van der Waals surface area contributed by atoms with Gasteiger partial charge in [-0.3, -0.25) is 19.3 Å². The van der Waals surface area contributed by atoms with Crippen LogP contribution in [0.1, 0.15) is 36.0 Å². The van der Waals surface area contributed by atoms with Crippen LogP contribution in [-0.4, -0.2) is 24.0 Å². The van der Waals surface area contributed by atoms with Crippen molar-refractivity contribution in [2.45, 2.75) is 25.7 Å². The highest BCUT2D eigenvalue weighted by atomic mass is 79.9. The van der Waals surface area contributed by atoms with Crippen LogP contribution in [0.25, 0.3) is 0 Å². The van der Waals surface area contributed by atoms with Crippen molar-refractivity contribution in [1.29, 1.82) is 0 Å². The Morgan fingerprint density at radius 3 is 2.65 bits per heavy atom. The van der Waals surface area contributed by atoms with E-state index < -0.39 is 11.7 Å². The summed E-state index contributed by atoms with van der Waals surface area (Å²) in [4.78, 5) is 37.5. The van der Waals surface area contributed by atoms with Crippen molar-refractivity contribution in [2.75, 3.05) is 11.4 Å². The van der Waals surface area contributed by atoms with Crippen molar-refractivity contribution in [1.82, 2.24) is 0 Å². The Hall–Kier alpha value is -1.49. The zero-order chi connectivity index (χ0) is 14.3. The molecule has 0 bridgehead atoms. The summed E-state index contributed by atoms with van der Waals surface area (Å²) in [6, 6.07) is 5.12. The van der Waals surface area contributed by atoms with Crippen LogP contribution < -0.4 is 4.90 Å². The van der Waals surface area contributed by atoms with E-state index in [-0.39, 0.29) is 18.2 Å². The average molecular weight is 336 g/mol. The van der Waals surface area contributed by atoms with Gasteiger partial charge in [0, 0.05) is 10.4 Å². The van der Waals surface area contributed by atoms with E-state index in [2.05, 4.69) is 15.9 Å². The molecule has 0 saturated heterocycles. The van der Waals surface area contributed by atoms with E-state index in [4.69, 9.17) is 0 Å². The zero-order valence-electron chi connectivity index (χ0n) is 10.9. The Balaban J connectivity index is 1.85. The van der Waals surface area contributed by atoms with E-state index in [1.54, 1.807) is 18.2 Å². The van der Waals surface area contributed by atoms with Gasteiger partial charge in [0.1, 0.15) is 0 Å². The second kappa shape index (κ2) is 5.13. The molecule has 1 aliphatic carbocycles. The van der Waals surface area contributed by atoms with Gasteiger partial charge in [-0.15, -0.1) is 0 Å². The van der Waals surface area contributed by atoms with Gasteiger partial charge in [-0.2, -0.15) is 0 Å². The number of nitrogens with zero attached hydrogens (tertiary/aromatic N) is 1. The minimum atomic E-state index is -0.593. The summed E-state index contributed by atoms with van der Waals surface area (Å²) in [6.45, 7) is 0.0177. The Kier molecular flexibility index (Phi) is 3.46. The number of hydrogen-bond acceptors (Lipinski definition) is 3. The fourth-order valence-electron chi connectivity index (χ4n) is 2.96. The summed E-state index contributed by atoms with van der Waals surface area (Å²) in [6.07, 6.45) is 3.96. The number of fused-ring (bicyclic) bond motifs is 1. The lowest BCUT2D eigenvalue weighted by Crippen LogP contribution is -2.36. The van der Waals surface area contributed by atoms with Crippen molar-refractivity contribution in [2.24, 2.45) is 5.92 Å². The molecule has 1 saturated carbocycles. The van der Waals surface area contributed by atoms with E-state index in [1.165, 1.54) is 4.90 Å². The minimum absolute atomic E-state index is 0.0177. The van der Waals surface area contributed by atoms with Crippen molar-refractivity contribution < 1.29 is 14.4 Å². The van der Waals surface area contributed by atoms with Gasteiger partial charge in [0.2, 0.25) is 0 Å². The maximum Gasteiger partial charge on any atom is 0.299 e. The van der Waals surface area contributed by atoms with Gasteiger partial charge in [0.05, 0.1) is 17.8 Å². The summed E-state index contributed by atoms with van der Waals surface area (Å²) < 4.78 is 0.751. The molecule has 0 spiro atoms. The third kappa shape index (κ3) is 2.20. The average Bonchev–Trinajstić information content (AvgIpc) is 3.03. The molecule has 0 N–H and O–H groups in total. The molecule has 20 heavy (non-hydrogen) atoms.